The molecule has 2 N–H and O–H groups in total. The van der Waals surface area contributed by atoms with E-state index in [1.54, 1.807) is 0 Å². The summed E-state index contributed by atoms with van der Waals surface area (Å²) in [6.07, 6.45) is 3.88. The van der Waals surface area contributed by atoms with Crippen molar-refractivity contribution in [2.75, 3.05) is 26.2 Å². The van der Waals surface area contributed by atoms with Gasteiger partial charge in [0, 0.05) is 51.7 Å². The Bertz CT molecular complexity index is 928. The summed E-state index contributed by atoms with van der Waals surface area (Å²) in [5.41, 5.74) is 3.77. The Kier molecular flexibility index (Phi) is 10.7. The molecule has 0 aliphatic carbocycles. The SMILES string of the molecule is CCNC(=NCc1ccccc1CN1CCCC1=O)NC1CCN(Cc2ccccc2)CC1.I. The smallest absolute Gasteiger partial charge is 0.222 e. The van der Waals surface area contributed by atoms with E-state index in [0.717, 1.165) is 57.9 Å². The number of amides is 1. The fourth-order valence-corrected chi connectivity index (χ4v) is 4.70. The Morgan fingerprint density at radius 1 is 0.971 bits per heavy atom. The highest BCUT2D eigenvalue weighted by Gasteiger charge is 2.22. The molecule has 0 saturated carbocycles. The van der Waals surface area contributed by atoms with Crippen molar-refractivity contribution < 1.29 is 4.79 Å². The van der Waals surface area contributed by atoms with Crippen LogP contribution >= 0.6 is 24.0 Å². The number of halogens is 1. The molecule has 2 aromatic carbocycles. The van der Waals surface area contributed by atoms with Gasteiger partial charge in [0.05, 0.1) is 6.54 Å². The largest absolute Gasteiger partial charge is 0.357 e. The third-order valence-corrected chi connectivity index (χ3v) is 6.58. The van der Waals surface area contributed by atoms with E-state index in [0.29, 0.717) is 25.6 Å². The fraction of sp³-hybridized carbons (Fsp3) is 0.481. The fourth-order valence-electron chi connectivity index (χ4n) is 4.70. The van der Waals surface area contributed by atoms with Crippen molar-refractivity contribution in [3.05, 3.63) is 71.3 Å². The van der Waals surface area contributed by atoms with Gasteiger partial charge in [0.1, 0.15) is 0 Å². The van der Waals surface area contributed by atoms with E-state index in [4.69, 9.17) is 4.99 Å². The van der Waals surface area contributed by atoms with E-state index < -0.39 is 0 Å². The van der Waals surface area contributed by atoms with Gasteiger partial charge in [-0.05, 0) is 42.9 Å². The van der Waals surface area contributed by atoms with E-state index in [1.807, 2.05) is 4.90 Å². The molecule has 0 aromatic heterocycles. The molecule has 2 saturated heterocycles. The molecule has 2 fully saturated rings. The number of piperidine rings is 1. The van der Waals surface area contributed by atoms with Gasteiger partial charge >= 0.3 is 0 Å². The Morgan fingerprint density at radius 2 is 1.68 bits per heavy atom. The lowest BCUT2D eigenvalue weighted by molar-refractivity contribution is -0.128. The zero-order valence-corrected chi connectivity index (χ0v) is 22.5. The first-order valence-electron chi connectivity index (χ1n) is 12.4. The average molecular weight is 576 g/mol. The number of hydrogen-bond acceptors (Lipinski definition) is 3. The second-order valence-electron chi connectivity index (χ2n) is 9.06. The minimum atomic E-state index is 0. The maximum Gasteiger partial charge on any atom is 0.222 e. The maximum absolute atomic E-state index is 12.1. The van der Waals surface area contributed by atoms with Gasteiger partial charge in [-0.1, -0.05) is 54.6 Å². The standard InChI is InChI=1S/C27H37N5O.HI/c1-2-28-27(30-25-14-17-31(18-15-25)20-22-9-4-3-5-10-22)29-19-23-11-6-7-12-24(23)21-32-16-8-13-26(32)33;/h3-7,9-12,25H,2,8,13-21H2,1H3,(H2,28,29,30);1H. The highest BCUT2D eigenvalue weighted by Crippen LogP contribution is 2.18. The van der Waals surface area contributed by atoms with E-state index in [-0.39, 0.29) is 29.9 Å². The van der Waals surface area contributed by atoms with Crippen molar-refractivity contribution in [3.8, 4) is 0 Å². The Balaban J connectivity index is 0.00000324. The van der Waals surface area contributed by atoms with Crippen molar-refractivity contribution in [1.82, 2.24) is 20.4 Å². The number of nitrogens with zero attached hydrogens (tertiary/aromatic N) is 3. The van der Waals surface area contributed by atoms with Crippen LogP contribution < -0.4 is 10.6 Å². The molecule has 2 aliphatic heterocycles. The summed E-state index contributed by atoms with van der Waals surface area (Å²) >= 11 is 0. The van der Waals surface area contributed by atoms with Crippen LogP contribution in [0.5, 0.6) is 0 Å². The molecule has 0 unspecified atom stereocenters. The molecule has 2 heterocycles. The highest BCUT2D eigenvalue weighted by molar-refractivity contribution is 14.0. The summed E-state index contributed by atoms with van der Waals surface area (Å²) in [6.45, 7) is 8.32. The first-order chi connectivity index (χ1) is 16.2. The van der Waals surface area contributed by atoms with Crippen molar-refractivity contribution in [2.45, 2.75) is 58.3 Å². The zero-order valence-electron chi connectivity index (χ0n) is 20.2. The van der Waals surface area contributed by atoms with Crippen LogP contribution in [0.4, 0.5) is 0 Å². The normalized spacial score (nSPS) is 17.5. The van der Waals surface area contributed by atoms with E-state index >= 15 is 0 Å². The number of hydrogen-bond donors (Lipinski definition) is 2. The van der Waals surface area contributed by atoms with Gasteiger partial charge < -0.3 is 15.5 Å². The molecule has 0 atom stereocenters. The summed E-state index contributed by atoms with van der Waals surface area (Å²) in [5, 5.41) is 7.07. The zero-order chi connectivity index (χ0) is 22.9. The predicted molar refractivity (Wildman–Crippen MR) is 149 cm³/mol. The van der Waals surface area contributed by atoms with Crippen molar-refractivity contribution in [3.63, 3.8) is 0 Å². The van der Waals surface area contributed by atoms with E-state index in [9.17, 15) is 4.79 Å². The molecule has 6 nitrogen and oxygen atoms in total. The number of carbonyl (C=O) groups is 1. The maximum atomic E-state index is 12.1. The van der Waals surface area contributed by atoms with Gasteiger partial charge in [0.15, 0.2) is 5.96 Å². The van der Waals surface area contributed by atoms with E-state index in [2.05, 4.69) is 77.1 Å². The summed E-state index contributed by atoms with van der Waals surface area (Å²) < 4.78 is 0. The summed E-state index contributed by atoms with van der Waals surface area (Å²) in [4.78, 5) is 21.5. The van der Waals surface area contributed by atoms with E-state index in [1.165, 1.54) is 16.7 Å². The van der Waals surface area contributed by atoms with Gasteiger partial charge in [-0.25, -0.2) is 4.99 Å². The monoisotopic (exact) mass is 575 g/mol. The Hall–Kier alpha value is -2.13. The first-order valence-corrected chi connectivity index (χ1v) is 12.4. The van der Waals surface area contributed by atoms with Crippen LogP contribution in [0.2, 0.25) is 0 Å². The summed E-state index contributed by atoms with van der Waals surface area (Å²) in [6, 6.07) is 19.5. The lowest BCUT2D eigenvalue weighted by atomic mass is 10.0. The second kappa shape index (κ2) is 13.7. The minimum Gasteiger partial charge on any atom is -0.357 e. The molecule has 2 aliphatic rings. The molecule has 7 heteroatoms. The van der Waals surface area contributed by atoms with Gasteiger partial charge in [0.2, 0.25) is 5.91 Å². The van der Waals surface area contributed by atoms with Crippen LogP contribution in [0.25, 0.3) is 0 Å². The van der Waals surface area contributed by atoms with Gasteiger partial charge in [-0.15, -0.1) is 24.0 Å². The quantitative estimate of drug-likeness (QED) is 0.282. The van der Waals surface area contributed by atoms with Crippen molar-refractivity contribution in [2.24, 2.45) is 4.99 Å². The molecule has 0 radical (unpaired) electrons. The molecule has 0 spiro atoms. The molecule has 1 amide bonds. The third-order valence-electron chi connectivity index (χ3n) is 6.58. The van der Waals surface area contributed by atoms with Crippen LogP contribution in [0, 0.1) is 0 Å². The molecule has 34 heavy (non-hydrogen) atoms. The van der Waals surface area contributed by atoms with Crippen LogP contribution in [-0.4, -0.2) is 53.9 Å². The lowest BCUT2D eigenvalue weighted by Crippen LogP contribution is -2.48. The molecular formula is C27H38IN5O. The minimum absolute atomic E-state index is 0. The molecule has 184 valence electrons. The number of aliphatic imine (C=N–C) groups is 1. The Morgan fingerprint density at radius 3 is 2.35 bits per heavy atom. The molecule has 2 aromatic rings. The predicted octanol–water partition coefficient (Wildman–Crippen LogP) is 4.15. The van der Waals surface area contributed by atoms with Gasteiger partial charge in [0.25, 0.3) is 0 Å². The molecule has 0 bridgehead atoms. The highest BCUT2D eigenvalue weighted by atomic mass is 127. The number of guanidine groups is 1. The Labute approximate surface area is 221 Å². The van der Waals surface area contributed by atoms with Crippen LogP contribution in [0.3, 0.4) is 0 Å². The van der Waals surface area contributed by atoms with Crippen molar-refractivity contribution >= 4 is 35.8 Å². The average Bonchev–Trinajstić information content (AvgIpc) is 3.24. The first kappa shape index (κ1) is 26.5. The van der Waals surface area contributed by atoms with Crippen LogP contribution in [0.1, 0.15) is 49.3 Å². The number of nitrogens with one attached hydrogen (secondary N) is 2. The lowest BCUT2D eigenvalue weighted by Gasteiger charge is -2.33. The number of benzene rings is 2. The summed E-state index contributed by atoms with van der Waals surface area (Å²) in [5.74, 6) is 1.15. The third kappa shape index (κ3) is 7.70. The van der Waals surface area contributed by atoms with Crippen LogP contribution in [0.15, 0.2) is 59.6 Å². The van der Waals surface area contributed by atoms with Crippen molar-refractivity contribution in [1.29, 1.82) is 0 Å². The number of carbonyl (C=O) groups excluding carboxylic acids is 1. The number of likely N-dealkylation sites (tertiary alicyclic amines) is 2. The summed E-state index contributed by atoms with van der Waals surface area (Å²) in [7, 11) is 0. The van der Waals surface area contributed by atoms with Gasteiger partial charge in [-0.3, -0.25) is 9.69 Å². The van der Waals surface area contributed by atoms with Crippen LogP contribution in [-0.2, 0) is 24.4 Å². The topological polar surface area (TPSA) is 60.0 Å². The molecular weight excluding hydrogens is 537 g/mol. The molecule has 4 rings (SSSR count). The van der Waals surface area contributed by atoms with Gasteiger partial charge in [-0.2, -0.15) is 0 Å². The number of rotatable bonds is 8. The second-order valence-corrected chi connectivity index (χ2v) is 9.06.